The Morgan fingerprint density at radius 2 is 1.79 bits per heavy atom. The minimum atomic E-state index is -1.52. The first kappa shape index (κ1) is 23.4. The van der Waals surface area contributed by atoms with Crippen LogP contribution in [0.3, 0.4) is 0 Å². The molecule has 0 saturated heterocycles. The Morgan fingerprint density at radius 3 is 2.36 bits per heavy atom. The van der Waals surface area contributed by atoms with E-state index in [-0.39, 0.29) is 13.2 Å². The molecule has 1 aromatic carbocycles. The molecule has 2 amide bonds. The van der Waals surface area contributed by atoms with Crippen molar-refractivity contribution < 1.29 is 29.0 Å². The predicted octanol–water partition coefficient (Wildman–Crippen LogP) is 1.90. The Hall–Kier alpha value is -2.61. The Morgan fingerprint density at radius 1 is 1.14 bits per heavy atom. The number of aliphatic hydroxyl groups excluding tert-OH is 1. The Labute approximate surface area is 165 Å². The molecule has 0 fully saturated rings. The highest BCUT2D eigenvalue weighted by Gasteiger charge is 2.29. The third kappa shape index (κ3) is 9.36. The Kier molecular flexibility index (Phi) is 9.44. The van der Waals surface area contributed by atoms with Crippen LogP contribution in [0.15, 0.2) is 30.3 Å². The number of carbonyl (C=O) groups excluding carboxylic acids is 3. The fraction of sp³-hybridized carbons (Fsp3) is 0.550. The minimum absolute atomic E-state index is 0.0940. The smallest absolute Gasteiger partial charge is 0.407 e. The van der Waals surface area contributed by atoms with Gasteiger partial charge in [0.05, 0.1) is 6.04 Å². The van der Waals surface area contributed by atoms with Crippen molar-refractivity contribution in [3.8, 4) is 0 Å². The zero-order valence-electron chi connectivity index (χ0n) is 16.9. The van der Waals surface area contributed by atoms with Crippen molar-refractivity contribution in [3.05, 3.63) is 35.9 Å². The fourth-order valence-electron chi connectivity index (χ4n) is 2.31. The number of alkyl carbamates (subject to hydrolysis) is 1. The van der Waals surface area contributed by atoms with E-state index in [0.717, 1.165) is 5.56 Å². The van der Waals surface area contributed by atoms with Gasteiger partial charge < -0.3 is 25.2 Å². The SMILES string of the molecule is CCCC(NC(=O)OC(C)(C)C)C(O)C(=O)NCC(=O)OCc1ccccc1. The van der Waals surface area contributed by atoms with Crippen LogP contribution < -0.4 is 10.6 Å². The van der Waals surface area contributed by atoms with Crippen molar-refractivity contribution in [2.75, 3.05) is 6.54 Å². The van der Waals surface area contributed by atoms with Gasteiger partial charge in [-0.3, -0.25) is 9.59 Å². The first-order valence-electron chi connectivity index (χ1n) is 9.27. The number of hydrogen-bond acceptors (Lipinski definition) is 6. The van der Waals surface area contributed by atoms with Gasteiger partial charge in [-0.2, -0.15) is 0 Å². The summed E-state index contributed by atoms with van der Waals surface area (Å²) in [7, 11) is 0. The largest absolute Gasteiger partial charge is 0.460 e. The average Bonchev–Trinajstić information content (AvgIpc) is 2.62. The van der Waals surface area contributed by atoms with Crippen LogP contribution in [-0.2, 0) is 25.7 Å². The Bertz CT molecular complexity index is 642. The maximum Gasteiger partial charge on any atom is 0.407 e. The van der Waals surface area contributed by atoms with Gasteiger partial charge in [0.1, 0.15) is 18.8 Å². The van der Waals surface area contributed by atoms with Crippen LogP contribution in [0, 0.1) is 0 Å². The van der Waals surface area contributed by atoms with E-state index in [4.69, 9.17) is 9.47 Å². The number of esters is 1. The fourth-order valence-corrected chi connectivity index (χ4v) is 2.31. The monoisotopic (exact) mass is 394 g/mol. The molecule has 0 saturated carbocycles. The molecule has 0 radical (unpaired) electrons. The summed E-state index contributed by atoms with van der Waals surface area (Å²) in [6.07, 6.45) is -1.25. The van der Waals surface area contributed by atoms with Gasteiger partial charge in [0, 0.05) is 0 Å². The molecule has 156 valence electrons. The normalized spacial score (nSPS) is 13.2. The number of amides is 2. The number of benzene rings is 1. The maximum absolute atomic E-state index is 12.1. The molecule has 8 nitrogen and oxygen atoms in total. The molecule has 1 rings (SSSR count). The topological polar surface area (TPSA) is 114 Å². The molecule has 8 heteroatoms. The van der Waals surface area contributed by atoms with Crippen molar-refractivity contribution in [2.24, 2.45) is 0 Å². The summed E-state index contributed by atoms with van der Waals surface area (Å²) >= 11 is 0. The number of ether oxygens (including phenoxy) is 2. The van der Waals surface area contributed by atoms with Gasteiger partial charge >= 0.3 is 12.1 Å². The second kappa shape index (κ2) is 11.3. The van der Waals surface area contributed by atoms with Crippen LogP contribution in [0.5, 0.6) is 0 Å². The summed E-state index contributed by atoms with van der Waals surface area (Å²) in [5.74, 6) is -1.40. The standard InChI is InChI=1S/C20H30N2O6/c1-5-9-15(22-19(26)28-20(2,3)4)17(24)18(25)21-12-16(23)27-13-14-10-7-6-8-11-14/h6-8,10-11,15,17,24H,5,9,12-13H2,1-4H3,(H,21,25)(H,22,26). The van der Waals surface area contributed by atoms with Crippen LogP contribution >= 0.6 is 0 Å². The molecule has 3 N–H and O–H groups in total. The lowest BCUT2D eigenvalue weighted by atomic mass is 10.1. The molecular formula is C20H30N2O6. The molecule has 2 atom stereocenters. The van der Waals surface area contributed by atoms with Crippen molar-refractivity contribution in [1.82, 2.24) is 10.6 Å². The van der Waals surface area contributed by atoms with E-state index in [9.17, 15) is 19.5 Å². The number of hydrogen-bond donors (Lipinski definition) is 3. The van der Waals surface area contributed by atoms with E-state index < -0.39 is 35.7 Å². The molecule has 2 unspecified atom stereocenters. The van der Waals surface area contributed by atoms with Gasteiger partial charge in [-0.05, 0) is 32.8 Å². The molecule has 1 aromatic rings. The van der Waals surface area contributed by atoms with Crippen molar-refractivity contribution >= 4 is 18.0 Å². The third-order valence-corrected chi connectivity index (χ3v) is 3.60. The molecule has 0 bridgehead atoms. The molecule has 28 heavy (non-hydrogen) atoms. The number of rotatable bonds is 9. The lowest BCUT2D eigenvalue weighted by Gasteiger charge is -2.26. The number of carbonyl (C=O) groups is 3. The van der Waals surface area contributed by atoms with E-state index in [1.807, 2.05) is 37.3 Å². The highest BCUT2D eigenvalue weighted by molar-refractivity contribution is 5.85. The van der Waals surface area contributed by atoms with Crippen LogP contribution in [-0.4, -0.2) is 47.4 Å². The van der Waals surface area contributed by atoms with Gasteiger partial charge in [-0.1, -0.05) is 43.7 Å². The molecule has 0 aromatic heterocycles. The van der Waals surface area contributed by atoms with Crippen LogP contribution in [0.2, 0.25) is 0 Å². The summed E-state index contributed by atoms with van der Waals surface area (Å²) < 4.78 is 10.2. The van der Waals surface area contributed by atoms with E-state index in [1.54, 1.807) is 20.8 Å². The lowest BCUT2D eigenvalue weighted by Crippen LogP contribution is -2.52. The first-order valence-corrected chi connectivity index (χ1v) is 9.27. The van der Waals surface area contributed by atoms with Gasteiger partial charge in [0.25, 0.3) is 5.91 Å². The minimum Gasteiger partial charge on any atom is -0.460 e. The average molecular weight is 394 g/mol. The molecular weight excluding hydrogens is 364 g/mol. The quantitative estimate of drug-likeness (QED) is 0.551. The predicted molar refractivity (Wildman–Crippen MR) is 103 cm³/mol. The van der Waals surface area contributed by atoms with Crippen LogP contribution in [0.1, 0.15) is 46.1 Å². The molecule has 0 heterocycles. The van der Waals surface area contributed by atoms with Gasteiger partial charge in [-0.25, -0.2) is 4.79 Å². The van der Waals surface area contributed by atoms with Gasteiger partial charge in [0.15, 0.2) is 6.10 Å². The zero-order chi connectivity index (χ0) is 21.2. The van der Waals surface area contributed by atoms with Crippen molar-refractivity contribution in [2.45, 2.75) is 64.9 Å². The second-order valence-electron chi connectivity index (χ2n) is 7.35. The highest BCUT2D eigenvalue weighted by Crippen LogP contribution is 2.09. The molecule has 0 aliphatic heterocycles. The van der Waals surface area contributed by atoms with E-state index >= 15 is 0 Å². The summed E-state index contributed by atoms with van der Waals surface area (Å²) in [6.45, 7) is 6.71. The molecule has 0 aliphatic rings. The first-order chi connectivity index (χ1) is 13.1. The highest BCUT2D eigenvalue weighted by atomic mass is 16.6. The summed E-state index contributed by atoms with van der Waals surface area (Å²) in [4.78, 5) is 35.8. The summed E-state index contributed by atoms with van der Waals surface area (Å²) in [6, 6.07) is 8.30. The Balaban J connectivity index is 2.48. The van der Waals surface area contributed by atoms with Gasteiger partial charge in [-0.15, -0.1) is 0 Å². The second-order valence-corrected chi connectivity index (χ2v) is 7.35. The van der Waals surface area contributed by atoms with Crippen LogP contribution in [0.4, 0.5) is 4.79 Å². The maximum atomic E-state index is 12.1. The zero-order valence-corrected chi connectivity index (χ0v) is 16.9. The molecule has 0 spiro atoms. The number of aliphatic hydroxyl groups is 1. The van der Waals surface area contributed by atoms with E-state index in [2.05, 4.69) is 10.6 Å². The van der Waals surface area contributed by atoms with Crippen molar-refractivity contribution in [1.29, 1.82) is 0 Å². The van der Waals surface area contributed by atoms with Crippen molar-refractivity contribution in [3.63, 3.8) is 0 Å². The third-order valence-electron chi connectivity index (χ3n) is 3.60. The van der Waals surface area contributed by atoms with E-state index in [0.29, 0.717) is 12.8 Å². The molecule has 0 aliphatic carbocycles. The summed E-state index contributed by atoms with van der Waals surface area (Å²) in [5, 5.41) is 15.1. The van der Waals surface area contributed by atoms with Crippen LogP contribution in [0.25, 0.3) is 0 Å². The van der Waals surface area contributed by atoms with E-state index in [1.165, 1.54) is 0 Å². The summed E-state index contributed by atoms with van der Waals surface area (Å²) in [5.41, 5.74) is 0.128. The number of nitrogens with one attached hydrogen (secondary N) is 2. The lowest BCUT2D eigenvalue weighted by molar-refractivity contribution is -0.146. The van der Waals surface area contributed by atoms with Gasteiger partial charge in [0.2, 0.25) is 0 Å².